The van der Waals surface area contributed by atoms with Crippen LogP contribution in [-0.4, -0.2) is 73.0 Å². The molecule has 13 heteroatoms. The number of methoxy groups -OCH3 is 1. The molecule has 1 atom stereocenters. The molecule has 2 aromatic heterocycles. The van der Waals surface area contributed by atoms with Crippen LogP contribution in [0, 0.1) is 11.2 Å². The van der Waals surface area contributed by atoms with E-state index in [4.69, 9.17) is 10.1 Å². The highest BCUT2D eigenvalue weighted by Gasteiger charge is 2.34. The van der Waals surface area contributed by atoms with Gasteiger partial charge in [-0.05, 0) is 43.5 Å². The lowest BCUT2D eigenvalue weighted by molar-refractivity contribution is 0.0947. The maximum atomic E-state index is 13.7. The maximum absolute atomic E-state index is 13.7. The van der Waals surface area contributed by atoms with Crippen molar-refractivity contribution in [2.45, 2.75) is 38.4 Å². The molecule has 0 spiro atoms. The fraction of sp³-hybridized carbons (Fsp3) is 0.276. The molecule has 42 heavy (non-hydrogen) atoms. The Bertz CT molecular complexity index is 1570. The molecule has 0 radical (unpaired) electrons. The van der Waals surface area contributed by atoms with Crippen molar-refractivity contribution in [3.63, 3.8) is 0 Å². The second-order valence-corrected chi connectivity index (χ2v) is 9.94. The molecule has 0 saturated heterocycles. The third-order valence-corrected chi connectivity index (χ3v) is 6.79. The number of ether oxygens (including phenoxy) is 1. The first-order valence-electron chi connectivity index (χ1n) is 13.4. The molecule has 3 N–H and O–H groups in total. The van der Waals surface area contributed by atoms with Gasteiger partial charge >= 0.3 is 6.03 Å². The van der Waals surface area contributed by atoms with Gasteiger partial charge in [0, 0.05) is 36.9 Å². The van der Waals surface area contributed by atoms with Crippen LogP contribution < -0.4 is 15.4 Å². The standard InChI is InChI=1S/C29H30FN9O3/c1-18(14-38(22-8-9-22)29(41)39-17-33-16-36-39)37-27-24(13-32-15-35-27)26(31)20-5-3-19(4-6-20)12-34-28(40)23-11-21(30)7-10-25(23)42-2/h3-7,10-11,13,15-18,22,31H,8-9,12,14H2,1-2H3,(H,34,40)(H,32,35,37). The third kappa shape index (κ3) is 6.57. The van der Waals surface area contributed by atoms with E-state index < -0.39 is 11.7 Å². The van der Waals surface area contributed by atoms with Crippen molar-refractivity contribution >= 4 is 23.5 Å². The Morgan fingerprint density at radius 1 is 1.14 bits per heavy atom. The number of anilines is 1. The topological polar surface area (TPSA) is 151 Å². The summed E-state index contributed by atoms with van der Waals surface area (Å²) in [5, 5.41) is 18.9. The van der Waals surface area contributed by atoms with E-state index in [0.29, 0.717) is 23.5 Å². The van der Waals surface area contributed by atoms with Gasteiger partial charge in [0.15, 0.2) is 0 Å². The highest BCUT2D eigenvalue weighted by molar-refractivity contribution is 6.13. The first-order chi connectivity index (χ1) is 20.3. The summed E-state index contributed by atoms with van der Waals surface area (Å²) in [5.41, 5.74) is 2.25. The van der Waals surface area contributed by atoms with Gasteiger partial charge in [0.25, 0.3) is 5.91 Å². The summed E-state index contributed by atoms with van der Waals surface area (Å²) in [5.74, 6) is -0.231. The minimum absolute atomic E-state index is 0.109. The number of aromatic nitrogens is 5. The van der Waals surface area contributed by atoms with Gasteiger partial charge in [-0.3, -0.25) is 10.2 Å². The first-order valence-corrected chi connectivity index (χ1v) is 13.4. The number of amides is 2. The van der Waals surface area contributed by atoms with E-state index in [1.807, 2.05) is 6.92 Å². The van der Waals surface area contributed by atoms with Gasteiger partial charge < -0.3 is 20.3 Å². The van der Waals surface area contributed by atoms with Crippen LogP contribution in [0.4, 0.5) is 15.0 Å². The maximum Gasteiger partial charge on any atom is 0.346 e. The number of carbonyl (C=O) groups excluding carboxylic acids is 2. The lowest BCUT2D eigenvalue weighted by atomic mass is 10.0. The zero-order valence-corrected chi connectivity index (χ0v) is 23.1. The van der Waals surface area contributed by atoms with E-state index in [1.54, 1.807) is 35.4 Å². The number of hydrogen-bond donors (Lipinski definition) is 3. The summed E-state index contributed by atoms with van der Waals surface area (Å²) in [4.78, 5) is 39.6. The molecule has 216 valence electrons. The predicted molar refractivity (Wildman–Crippen MR) is 152 cm³/mol. The van der Waals surface area contributed by atoms with Crippen molar-refractivity contribution in [1.82, 2.24) is 34.9 Å². The van der Waals surface area contributed by atoms with Crippen LogP contribution in [0.3, 0.4) is 0 Å². The molecule has 1 saturated carbocycles. The average molecular weight is 572 g/mol. The number of nitrogens with one attached hydrogen (secondary N) is 3. The van der Waals surface area contributed by atoms with Gasteiger partial charge in [0.1, 0.15) is 36.4 Å². The van der Waals surface area contributed by atoms with Crippen molar-refractivity contribution < 1.29 is 18.7 Å². The van der Waals surface area contributed by atoms with Crippen molar-refractivity contribution in [3.8, 4) is 5.75 Å². The number of hydrogen-bond acceptors (Lipinski definition) is 9. The van der Waals surface area contributed by atoms with Crippen LogP contribution >= 0.6 is 0 Å². The predicted octanol–water partition coefficient (Wildman–Crippen LogP) is 3.50. The van der Waals surface area contributed by atoms with Crippen LogP contribution in [0.2, 0.25) is 0 Å². The lowest BCUT2D eigenvalue weighted by Gasteiger charge is -2.26. The van der Waals surface area contributed by atoms with Crippen LogP contribution in [0.1, 0.15) is 46.8 Å². The number of carbonyl (C=O) groups is 2. The number of rotatable bonds is 11. The molecule has 5 rings (SSSR count). The SMILES string of the molecule is COc1ccc(F)cc1C(=O)NCc1ccc(C(=N)c2cncnc2NC(C)CN(C(=O)n2cncn2)C2CC2)cc1. The largest absolute Gasteiger partial charge is 0.496 e. The minimum Gasteiger partial charge on any atom is -0.496 e. The monoisotopic (exact) mass is 571 g/mol. The molecular weight excluding hydrogens is 541 g/mol. The molecular formula is C29H30FN9O3. The quantitative estimate of drug-likeness (QED) is 0.232. The van der Waals surface area contributed by atoms with Gasteiger partial charge in [-0.2, -0.15) is 9.78 Å². The Labute approximate surface area is 241 Å². The summed E-state index contributed by atoms with van der Waals surface area (Å²) in [6.45, 7) is 2.57. The van der Waals surface area contributed by atoms with E-state index in [0.717, 1.165) is 24.5 Å². The van der Waals surface area contributed by atoms with Gasteiger partial charge in [0.2, 0.25) is 0 Å². The second-order valence-electron chi connectivity index (χ2n) is 9.94. The van der Waals surface area contributed by atoms with Crippen molar-refractivity contribution in [2.24, 2.45) is 0 Å². The Balaban J connectivity index is 1.22. The molecule has 2 aromatic carbocycles. The molecule has 1 unspecified atom stereocenters. The molecule has 0 aliphatic heterocycles. The van der Waals surface area contributed by atoms with Gasteiger partial charge in [-0.15, -0.1) is 0 Å². The van der Waals surface area contributed by atoms with E-state index in [1.165, 1.54) is 42.9 Å². The fourth-order valence-corrected chi connectivity index (χ4v) is 4.49. The molecule has 1 aliphatic rings. The number of halogens is 1. The lowest BCUT2D eigenvalue weighted by Crippen LogP contribution is -2.43. The van der Waals surface area contributed by atoms with Gasteiger partial charge in [0.05, 0.1) is 23.9 Å². The van der Waals surface area contributed by atoms with E-state index in [9.17, 15) is 14.0 Å². The van der Waals surface area contributed by atoms with Gasteiger partial charge in [-0.1, -0.05) is 24.3 Å². The smallest absolute Gasteiger partial charge is 0.346 e. The van der Waals surface area contributed by atoms with Crippen LogP contribution in [0.5, 0.6) is 5.75 Å². The summed E-state index contributed by atoms with van der Waals surface area (Å²) in [6, 6.07) is 10.7. The Kier molecular flexibility index (Phi) is 8.46. The summed E-state index contributed by atoms with van der Waals surface area (Å²) in [6.07, 6.45) is 7.58. The second kappa shape index (κ2) is 12.5. The van der Waals surface area contributed by atoms with Gasteiger partial charge in [-0.25, -0.2) is 24.1 Å². The first kappa shape index (κ1) is 28.3. The van der Waals surface area contributed by atoms with Crippen LogP contribution in [0.25, 0.3) is 0 Å². The Hall–Kier alpha value is -5.20. The Morgan fingerprint density at radius 3 is 2.62 bits per heavy atom. The normalized spacial score (nSPS) is 13.2. The fourth-order valence-electron chi connectivity index (χ4n) is 4.49. The van der Waals surface area contributed by atoms with E-state index in [-0.39, 0.29) is 41.7 Å². The molecule has 2 amide bonds. The summed E-state index contributed by atoms with van der Waals surface area (Å²) >= 11 is 0. The van der Waals surface area contributed by atoms with Crippen molar-refractivity contribution in [3.05, 3.63) is 95.7 Å². The number of nitrogens with zero attached hydrogens (tertiary/aromatic N) is 6. The average Bonchev–Trinajstić information content (AvgIpc) is 3.70. The molecule has 1 aliphatic carbocycles. The van der Waals surface area contributed by atoms with E-state index >= 15 is 0 Å². The highest BCUT2D eigenvalue weighted by atomic mass is 19.1. The van der Waals surface area contributed by atoms with Crippen LogP contribution in [-0.2, 0) is 6.54 Å². The van der Waals surface area contributed by atoms with Crippen molar-refractivity contribution in [1.29, 1.82) is 5.41 Å². The zero-order valence-electron chi connectivity index (χ0n) is 23.1. The zero-order chi connectivity index (χ0) is 29.6. The molecule has 1 fully saturated rings. The summed E-state index contributed by atoms with van der Waals surface area (Å²) < 4.78 is 20.0. The molecule has 4 aromatic rings. The van der Waals surface area contributed by atoms with Crippen LogP contribution in [0.15, 0.2) is 67.6 Å². The highest BCUT2D eigenvalue weighted by Crippen LogP contribution is 2.28. The third-order valence-electron chi connectivity index (χ3n) is 6.79. The number of benzene rings is 2. The minimum atomic E-state index is -0.530. The Morgan fingerprint density at radius 2 is 1.93 bits per heavy atom. The molecule has 2 heterocycles. The van der Waals surface area contributed by atoms with E-state index in [2.05, 4.69) is 30.7 Å². The molecule has 0 bridgehead atoms. The van der Waals surface area contributed by atoms with Crippen molar-refractivity contribution in [2.75, 3.05) is 19.0 Å². The molecule has 12 nitrogen and oxygen atoms in total. The summed E-state index contributed by atoms with van der Waals surface area (Å²) in [7, 11) is 1.42.